The first kappa shape index (κ1) is 11.5. The number of nitrogens with zero attached hydrogens (tertiary/aromatic N) is 2. The quantitative estimate of drug-likeness (QED) is 0.771. The SMILES string of the molecule is c1ccc2c(NCc3cncn3C3CC3)cccc2c1. The lowest BCUT2D eigenvalue weighted by Gasteiger charge is -2.11. The van der Waals surface area contributed by atoms with Crippen molar-refractivity contribution in [2.75, 3.05) is 5.32 Å². The summed E-state index contributed by atoms with van der Waals surface area (Å²) in [6, 6.07) is 15.5. The molecule has 4 rings (SSSR count). The molecule has 0 atom stereocenters. The highest BCUT2D eigenvalue weighted by Crippen LogP contribution is 2.35. The highest BCUT2D eigenvalue weighted by atomic mass is 15.1. The average molecular weight is 263 g/mol. The average Bonchev–Trinajstić information content (AvgIpc) is 3.24. The molecular formula is C17H17N3. The van der Waals surface area contributed by atoms with Crippen molar-refractivity contribution >= 4 is 16.5 Å². The van der Waals surface area contributed by atoms with Gasteiger partial charge in [0.05, 0.1) is 18.6 Å². The van der Waals surface area contributed by atoms with Gasteiger partial charge in [-0.1, -0.05) is 36.4 Å². The van der Waals surface area contributed by atoms with Crippen LogP contribution in [-0.2, 0) is 6.54 Å². The molecule has 0 saturated heterocycles. The van der Waals surface area contributed by atoms with E-state index >= 15 is 0 Å². The van der Waals surface area contributed by atoms with Crippen molar-refractivity contribution in [3.8, 4) is 0 Å². The van der Waals surface area contributed by atoms with E-state index in [0.717, 1.165) is 6.54 Å². The van der Waals surface area contributed by atoms with Gasteiger partial charge in [-0.3, -0.25) is 0 Å². The molecule has 1 fully saturated rings. The molecule has 0 unspecified atom stereocenters. The number of hydrogen-bond donors (Lipinski definition) is 1. The molecule has 0 aliphatic heterocycles. The Labute approximate surface area is 118 Å². The molecule has 0 amide bonds. The number of nitrogens with one attached hydrogen (secondary N) is 1. The summed E-state index contributed by atoms with van der Waals surface area (Å²) in [5, 5.41) is 6.09. The van der Waals surface area contributed by atoms with E-state index in [0.29, 0.717) is 6.04 Å². The van der Waals surface area contributed by atoms with E-state index in [1.807, 2.05) is 12.5 Å². The van der Waals surface area contributed by atoms with Gasteiger partial charge >= 0.3 is 0 Å². The molecule has 1 aliphatic rings. The fourth-order valence-corrected chi connectivity index (χ4v) is 2.72. The lowest BCUT2D eigenvalue weighted by Crippen LogP contribution is -2.06. The van der Waals surface area contributed by atoms with E-state index in [9.17, 15) is 0 Å². The second kappa shape index (κ2) is 4.67. The molecule has 1 saturated carbocycles. The Morgan fingerprint density at radius 2 is 1.95 bits per heavy atom. The van der Waals surface area contributed by atoms with Crippen LogP contribution in [0, 0.1) is 0 Å². The lowest BCUT2D eigenvalue weighted by molar-refractivity contribution is 0.701. The molecule has 3 nitrogen and oxygen atoms in total. The fourth-order valence-electron chi connectivity index (χ4n) is 2.72. The van der Waals surface area contributed by atoms with Gasteiger partial charge in [-0.25, -0.2) is 4.98 Å². The molecule has 3 heteroatoms. The van der Waals surface area contributed by atoms with Gasteiger partial charge in [0.15, 0.2) is 0 Å². The largest absolute Gasteiger partial charge is 0.379 e. The Morgan fingerprint density at radius 3 is 2.85 bits per heavy atom. The van der Waals surface area contributed by atoms with Crippen molar-refractivity contribution in [1.82, 2.24) is 9.55 Å². The van der Waals surface area contributed by atoms with Crippen LogP contribution in [0.25, 0.3) is 10.8 Å². The number of hydrogen-bond acceptors (Lipinski definition) is 2. The second-order valence-electron chi connectivity index (χ2n) is 5.40. The Morgan fingerprint density at radius 1 is 1.10 bits per heavy atom. The van der Waals surface area contributed by atoms with Crippen molar-refractivity contribution in [3.63, 3.8) is 0 Å². The van der Waals surface area contributed by atoms with Gasteiger partial charge in [0.2, 0.25) is 0 Å². The molecule has 1 aliphatic carbocycles. The highest BCUT2D eigenvalue weighted by Gasteiger charge is 2.24. The second-order valence-corrected chi connectivity index (χ2v) is 5.40. The zero-order valence-electron chi connectivity index (χ0n) is 11.3. The predicted molar refractivity (Wildman–Crippen MR) is 81.8 cm³/mol. The zero-order valence-corrected chi connectivity index (χ0v) is 11.3. The predicted octanol–water partition coefficient (Wildman–Crippen LogP) is 3.98. The number of benzene rings is 2. The van der Waals surface area contributed by atoms with E-state index in [-0.39, 0.29) is 0 Å². The van der Waals surface area contributed by atoms with Crippen molar-refractivity contribution < 1.29 is 0 Å². The lowest BCUT2D eigenvalue weighted by atomic mass is 10.1. The first-order valence-corrected chi connectivity index (χ1v) is 7.14. The van der Waals surface area contributed by atoms with Crippen molar-refractivity contribution in [2.24, 2.45) is 0 Å². The van der Waals surface area contributed by atoms with Crippen molar-refractivity contribution in [2.45, 2.75) is 25.4 Å². The first-order valence-electron chi connectivity index (χ1n) is 7.14. The third-order valence-corrected chi connectivity index (χ3v) is 3.94. The zero-order chi connectivity index (χ0) is 13.4. The molecule has 100 valence electrons. The summed E-state index contributed by atoms with van der Waals surface area (Å²) in [5.74, 6) is 0. The molecule has 0 spiro atoms. The van der Waals surface area contributed by atoms with Gasteiger partial charge in [0.1, 0.15) is 0 Å². The molecule has 3 aromatic rings. The fraction of sp³-hybridized carbons (Fsp3) is 0.235. The number of imidazole rings is 1. The van der Waals surface area contributed by atoms with Crippen LogP contribution in [-0.4, -0.2) is 9.55 Å². The van der Waals surface area contributed by atoms with Gasteiger partial charge in [0.25, 0.3) is 0 Å². The third-order valence-electron chi connectivity index (χ3n) is 3.94. The van der Waals surface area contributed by atoms with Gasteiger partial charge in [-0.2, -0.15) is 0 Å². The number of aromatic nitrogens is 2. The van der Waals surface area contributed by atoms with Crippen molar-refractivity contribution in [1.29, 1.82) is 0 Å². The highest BCUT2D eigenvalue weighted by molar-refractivity contribution is 5.93. The molecule has 20 heavy (non-hydrogen) atoms. The monoisotopic (exact) mass is 263 g/mol. The van der Waals surface area contributed by atoms with Crippen LogP contribution in [0.2, 0.25) is 0 Å². The van der Waals surface area contributed by atoms with E-state index in [1.165, 1.54) is 35.0 Å². The van der Waals surface area contributed by atoms with E-state index in [2.05, 4.69) is 57.3 Å². The van der Waals surface area contributed by atoms with Crippen LogP contribution in [0.4, 0.5) is 5.69 Å². The molecule has 1 heterocycles. The summed E-state index contributed by atoms with van der Waals surface area (Å²) < 4.78 is 2.30. The Balaban J connectivity index is 1.60. The third kappa shape index (κ3) is 2.05. The first-order chi connectivity index (χ1) is 9.92. The minimum atomic E-state index is 0.682. The Kier molecular flexibility index (Phi) is 2.69. The number of anilines is 1. The Bertz CT molecular complexity index is 735. The summed E-state index contributed by atoms with van der Waals surface area (Å²) in [5.41, 5.74) is 2.45. The molecule has 2 aromatic carbocycles. The maximum atomic E-state index is 4.28. The molecule has 0 bridgehead atoms. The Hall–Kier alpha value is -2.29. The molecule has 0 radical (unpaired) electrons. The van der Waals surface area contributed by atoms with Gasteiger partial charge in [0, 0.05) is 23.3 Å². The molecular weight excluding hydrogens is 246 g/mol. The molecule has 1 aromatic heterocycles. The van der Waals surface area contributed by atoms with Crippen LogP contribution in [0.1, 0.15) is 24.6 Å². The van der Waals surface area contributed by atoms with Crippen LogP contribution < -0.4 is 5.32 Å². The maximum Gasteiger partial charge on any atom is 0.0951 e. The van der Waals surface area contributed by atoms with E-state index in [4.69, 9.17) is 0 Å². The smallest absolute Gasteiger partial charge is 0.0951 e. The summed E-state index contributed by atoms with van der Waals surface area (Å²) >= 11 is 0. The minimum absolute atomic E-state index is 0.682. The number of rotatable bonds is 4. The number of fused-ring (bicyclic) bond motifs is 1. The minimum Gasteiger partial charge on any atom is -0.379 e. The van der Waals surface area contributed by atoms with Crippen LogP contribution >= 0.6 is 0 Å². The summed E-state index contributed by atoms with van der Waals surface area (Å²) in [6.07, 6.45) is 6.50. The maximum absolute atomic E-state index is 4.28. The van der Waals surface area contributed by atoms with Gasteiger partial charge < -0.3 is 9.88 Å². The normalized spacial score (nSPS) is 14.6. The summed E-state index contributed by atoms with van der Waals surface area (Å²) in [4.78, 5) is 4.28. The standard InChI is InChI=1S/C17H17N3/c1-2-6-16-13(4-1)5-3-7-17(16)19-11-15-10-18-12-20(15)14-8-9-14/h1-7,10,12,14,19H,8-9,11H2. The summed E-state index contributed by atoms with van der Waals surface area (Å²) in [7, 11) is 0. The van der Waals surface area contributed by atoms with Gasteiger partial charge in [-0.05, 0) is 24.3 Å². The van der Waals surface area contributed by atoms with Crippen LogP contribution in [0.3, 0.4) is 0 Å². The van der Waals surface area contributed by atoms with E-state index in [1.54, 1.807) is 0 Å². The summed E-state index contributed by atoms with van der Waals surface area (Å²) in [6.45, 7) is 0.824. The van der Waals surface area contributed by atoms with E-state index < -0.39 is 0 Å². The molecule has 1 N–H and O–H groups in total. The van der Waals surface area contributed by atoms with Crippen LogP contribution in [0.15, 0.2) is 55.0 Å². The van der Waals surface area contributed by atoms with Gasteiger partial charge in [-0.15, -0.1) is 0 Å². The topological polar surface area (TPSA) is 29.9 Å². The van der Waals surface area contributed by atoms with Crippen LogP contribution in [0.5, 0.6) is 0 Å². The van der Waals surface area contributed by atoms with Crippen molar-refractivity contribution in [3.05, 3.63) is 60.7 Å².